The number of nitrogens with zero attached hydrogens (tertiary/aromatic N) is 1. The topological polar surface area (TPSA) is 34.1 Å². The van der Waals surface area contributed by atoms with Gasteiger partial charge in [-0.2, -0.15) is 0 Å². The summed E-state index contributed by atoms with van der Waals surface area (Å²) >= 11 is 0. The second-order valence-corrected chi connectivity index (χ2v) is 5.25. The summed E-state index contributed by atoms with van der Waals surface area (Å²) < 4.78 is 5.71. The smallest absolute Gasteiger partial charge is 0.120 e. The van der Waals surface area contributed by atoms with Gasteiger partial charge in [0.2, 0.25) is 0 Å². The zero-order chi connectivity index (χ0) is 14.5. The zero-order valence-corrected chi connectivity index (χ0v) is 12.6. The Balaban J connectivity index is 2.03. The summed E-state index contributed by atoms with van der Waals surface area (Å²) in [5, 5.41) is 3.42. The highest BCUT2D eigenvalue weighted by Crippen LogP contribution is 2.18. The molecule has 3 nitrogen and oxygen atoms in total. The molecule has 1 heterocycles. The largest absolute Gasteiger partial charge is 0.491 e. The van der Waals surface area contributed by atoms with E-state index >= 15 is 0 Å². The number of aromatic nitrogens is 1. The quantitative estimate of drug-likeness (QED) is 0.888. The fraction of sp³-hybridized carbons (Fsp3) is 0.353. The van der Waals surface area contributed by atoms with Crippen LogP contribution in [0, 0.1) is 13.8 Å². The number of anilines is 1. The minimum atomic E-state index is 0.196. The Kier molecular flexibility index (Phi) is 4.61. The number of hydrogen-bond acceptors (Lipinski definition) is 3. The number of aryl methyl sites for hydroxylation is 2. The second kappa shape index (κ2) is 6.42. The van der Waals surface area contributed by atoms with Crippen molar-refractivity contribution in [1.29, 1.82) is 0 Å². The number of hydrogen-bond donors (Lipinski definition) is 1. The molecule has 1 aromatic heterocycles. The number of nitrogens with one attached hydrogen (secondary N) is 1. The molecule has 1 aromatic carbocycles. The van der Waals surface area contributed by atoms with Crippen molar-refractivity contribution in [2.75, 3.05) is 5.32 Å². The van der Waals surface area contributed by atoms with Crippen LogP contribution in [0.25, 0.3) is 0 Å². The highest BCUT2D eigenvalue weighted by Gasteiger charge is 2.02. The molecule has 0 unspecified atom stereocenters. The molecule has 0 aliphatic carbocycles. The summed E-state index contributed by atoms with van der Waals surface area (Å²) in [6.07, 6.45) is 0.196. The number of rotatable bonds is 5. The molecule has 2 aromatic rings. The maximum absolute atomic E-state index is 5.71. The van der Waals surface area contributed by atoms with Crippen LogP contribution in [-0.2, 0) is 6.54 Å². The van der Waals surface area contributed by atoms with Gasteiger partial charge < -0.3 is 10.1 Å². The summed E-state index contributed by atoms with van der Waals surface area (Å²) in [5.74, 6) is 0.915. The van der Waals surface area contributed by atoms with Gasteiger partial charge in [-0.15, -0.1) is 0 Å². The lowest BCUT2D eigenvalue weighted by Gasteiger charge is -2.12. The van der Waals surface area contributed by atoms with E-state index in [0.29, 0.717) is 0 Å². The third kappa shape index (κ3) is 3.98. The zero-order valence-electron chi connectivity index (χ0n) is 12.6. The van der Waals surface area contributed by atoms with Crippen LogP contribution in [0.4, 0.5) is 5.69 Å². The molecule has 0 saturated heterocycles. The van der Waals surface area contributed by atoms with E-state index in [1.54, 1.807) is 0 Å². The van der Waals surface area contributed by atoms with Gasteiger partial charge in [0.05, 0.1) is 17.5 Å². The van der Waals surface area contributed by atoms with Crippen molar-refractivity contribution < 1.29 is 4.74 Å². The number of benzene rings is 1. The van der Waals surface area contributed by atoms with Gasteiger partial charge >= 0.3 is 0 Å². The van der Waals surface area contributed by atoms with E-state index < -0.39 is 0 Å². The Morgan fingerprint density at radius 3 is 2.65 bits per heavy atom. The van der Waals surface area contributed by atoms with Gasteiger partial charge in [-0.3, -0.25) is 4.98 Å². The Hall–Kier alpha value is -2.03. The van der Waals surface area contributed by atoms with Gasteiger partial charge in [0.1, 0.15) is 5.75 Å². The van der Waals surface area contributed by atoms with Crippen LogP contribution in [0.3, 0.4) is 0 Å². The molecular formula is C17H22N2O. The molecule has 0 aliphatic rings. The summed E-state index contributed by atoms with van der Waals surface area (Å²) in [5.41, 5.74) is 4.34. The minimum absolute atomic E-state index is 0.196. The Morgan fingerprint density at radius 1 is 1.15 bits per heavy atom. The standard InChI is InChI=1S/C17H22N2O/c1-12(2)20-16-7-5-6-15(10-16)11-18-17-9-8-13(3)19-14(17)4/h5-10,12,18H,11H2,1-4H3. The molecule has 0 bridgehead atoms. The van der Waals surface area contributed by atoms with Crippen molar-refractivity contribution in [1.82, 2.24) is 4.98 Å². The van der Waals surface area contributed by atoms with E-state index in [2.05, 4.69) is 28.5 Å². The first-order valence-corrected chi connectivity index (χ1v) is 6.98. The van der Waals surface area contributed by atoms with Gasteiger partial charge in [-0.25, -0.2) is 0 Å². The van der Waals surface area contributed by atoms with Crippen LogP contribution in [-0.4, -0.2) is 11.1 Å². The molecular weight excluding hydrogens is 248 g/mol. The van der Waals surface area contributed by atoms with Crippen molar-refractivity contribution in [3.8, 4) is 5.75 Å². The van der Waals surface area contributed by atoms with E-state index in [1.165, 1.54) is 5.56 Å². The first-order valence-electron chi connectivity index (χ1n) is 6.98. The minimum Gasteiger partial charge on any atom is -0.491 e. The predicted molar refractivity (Wildman–Crippen MR) is 83.2 cm³/mol. The molecule has 20 heavy (non-hydrogen) atoms. The van der Waals surface area contributed by atoms with E-state index in [4.69, 9.17) is 4.74 Å². The normalized spacial score (nSPS) is 10.7. The third-order valence-corrected chi connectivity index (χ3v) is 2.98. The molecule has 0 fully saturated rings. The highest BCUT2D eigenvalue weighted by atomic mass is 16.5. The molecule has 3 heteroatoms. The van der Waals surface area contributed by atoms with Gasteiger partial charge in [-0.05, 0) is 57.5 Å². The highest BCUT2D eigenvalue weighted by molar-refractivity contribution is 5.48. The second-order valence-electron chi connectivity index (χ2n) is 5.25. The molecule has 0 atom stereocenters. The fourth-order valence-electron chi connectivity index (χ4n) is 2.07. The van der Waals surface area contributed by atoms with Crippen molar-refractivity contribution in [2.24, 2.45) is 0 Å². The Morgan fingerprint density at radius 2 is 1.95 bits per heavy atom. The van der Waals surface area contributed by atoms with Crippen molar-refractivity contribution >= 4 is 5.69 Å². The maximum Gasteiger partial charge on any atom is 0.120 e. The van der Waals surface area contributed by atoms with Gasteiger partial charge in [0.15, 0.2) is 0 Å². The molecule has 0 radical (unpaired) electrons. The van der Waals surface area contributed by atoms with E-state index in [1.807, 2.05) is 45.9 Å². The molecule has 0 spiro atoms. The van der Waals surface area contributed by atoms with Gasteiger partial charge in [0.25, 0.3) is 0 Å². The summed E-state index contributed by atoms with van der Waals surface area (Å²) in [6, 6.07) is 12.3. The van der Waals surface area contributed by atoms with Crippen LogP contribution in [0.2, 0.25) is 0 Å². The maximum atomic E-state index is 5.71. The first-order chi connectivity index (χ1) is 9.54. The summed E-state index contributed by atoms with van der Waals surface area (Å²) in [7, 11) is 0. The number of ether oxygens (including phenoxy) is 1. The van der Waals surface area contributed by atoms with Crippen LogP contribution in [0.1, 0.15) is 30.8 Å². The summed E-state index contributed by atoms with van der Waals surface area (Å²) in [4.78, 5) is 4.46. The predicted octanol–water partition coefficient (Wildman–Crippen LogP) is 4.10. The average molecular weight is 270 g/mol. The van der Waals surface area contributed by atoms with Gasteiger partial charge in [0, 0.05) is 12.2 Å². The molecule has 0 saturated carbocycles. The average Bonchev–Trinajstić information content (AvgIpc) is 2.37. The summed E-state index contributed by atoms with van der Waals surface area (Å²) in [6.45, 7) is 8.86. The lowest BCUT2D eigenvalue weighted by molar-refractivity contribution is 0.242. The van der Waals surface area contributed by atoms with Crippen molar-refractivity contribution in [3.05, 3.63) is 53.3 Å². The Labute approximate surface area is 121 Å². The van der Waals surface area contributed by atoms with Gasteiger partial charge in [-0.1, -0.05) is 12.1 Å². The molecule has 0 aliphatic heterocycles. The Bertz CT molecular complexity index is 579. The van der Waals surface area contributed by atoms with E-state index in [9.17, 15) is 0 Å². The molecule has 2 rings (SSSR count). The monoisotopic (exact) mass is 270 g/mol. The van der Waals surface area contributed by atoms with E-state index in [-0.39, 0.29) is 6.10 Å². The third-order valence-electron chi connectivity index (χ3n) is 2.98. The van der Waals surface area contributed by atoms with Crippen LogP contribution in [0.15, 0.2) is 36.4 Å². The molecule has 0 amide bonds. The lowest BCUT2D eigenvalue weighted by atomic mass is 10.2. The fourth-order valence-corrected chi connectivity index (χ4v) is 2.07. The lowest BCUT2D eigenvalue weighted by Crippen LogP contribution is -2.06. The van der Waals surface area contributed by atoms with E-state index in [0.717, 1.165) is 29.4 Å². The first kappa shape index (κ1) is 14.4. The van der Waals surface area contributed by atoms with Crippen molar-refractivity contribution in [2.45, 2.75) is 40.3 Å². The SMILES string of the molecule is Cc1ccc(NCc2cccc(OC(C)C)c2)c(C)n1. The van der Waals surface area contributed by atoms with Crippen LogP contribution >= 0.6 is 0 Å². The van der Waals surface area contributed by atoms with Crippen LogP contribution in [0.5, 0.6) is 5.75 Å². The van der Waals surface area contributed by atoms with Crippen LogP contribution < -0.4 is 10.1 Å². The molecule has 1 N–H and O–H groups in total. The molecule has 106 valence electrons. The van der Waals surface area contributed by atoms with Crippen molar-refractivity contribution in [3.63, 3.8) is 0 Å². The number of pyridine rings is 1.